The number of imidazole rings is 1. The molecule has 1 aromatic carbocycles. The van der Waals surface area contributed by atoms with Crippen LogP contribution < -0.4 is 11.0 Å². The second-order valence-corrected chi connectivity index (χ2v) is 5.14. The number of carbonyl (C=O) groups is 1. The van der Waals surface area contributed by atoms with Gasteiger partial charge in [-0.3, -0.25) is 13.9 Å². The van der Waals surface area contributed by atoms with Crippen LogP contribution in [0.5, 0.6) is 0 Å². The first-order valence-electron chi connectivity index (χ1n) is 6.30. The minimum atomic E-state index is -0.290. The van der Waals surface area contributed by atoms with Crippen molar-refractivity contribution in [3.05, 3.63) is 52.2 Å². The first-order chi connectivity index (χ1) is 9.49. The Morgan fingerprint density at radius 3 is 2.60 bits per heavy atom. The number of hydrogen-bond donors (Lipinski definition) is 1. The summed E-state index contributed by atoms with van der Waals surface area (Å²) < 4.78 is 2.94. The van der Waals surface area contributed by atoms with E-state index in [1.165, 1.54) is 4.57 Å². The van der Waals surface area contributed by atoms with Crippen LogP contribution in [-0.4, -0.2) is 15.0 Å². The zero-order chi connectivity index (χ0) is 14.7. The van der Waals surface area contributed by atoms with Crippen LogP contribution in [0, 0.1) is 0 Å². The lowest BCUT2D eigenvalue weighted by Crippen LogP contribution is -2.29. The van der Waals surface area contributed by atoms with E-state index in [4.69, 9.17) is 11.6 Å². The molecular weight excluding hydrogens is 278 g/mol. The predicted octanol–water partition coefficient (Wildman–Crippen LogP) is 2.52. The molecule has 0 spiro atoms. The molecule has 0 saturated heterocycles. The summed E-state index contributed by atoms with van der Waals surface area (Å²) >= 11 is 5.96. The van der Waals surface area contributed by atoms with Crippen molar-refractivity contribution in [3.8, 4) is 0 Å². The van der Waals surface area contributed by atoms with E-state index < -0.39 is 0 Å². The van der Waals surface area contributed by atoms with Gasteiger partial charge in [-0.05, 0) is 26.0 Å². The molecule has 1 amide bonds. The molecule has 2 rings (SSSR count). The fraction of sp³-hybridized carbons (Fsp3) is 0.286. The van der Waals surface area contributed by atoms with Crippen LogP contribution in [0.15, 0.2) is 41.5 Å². The lowest BCUT2D eigenvalue weighted by atomic mass is 10.3. The van der Waals surface area contributed by atoms with Crippen molar-refractivity contribution >= 4 is 23.2 Å². The van der Waals surface area contributed by atoms with Gasteiger partial charge in [0.2, 0.25) is 5.91 Å². The van der Waals surface area contributed by atoms with Crippen LogP contribution in [0.3, 0.4) is 0 Å². The van der Waals surface area contributed by atoms with Crippen molar-refractivity contribution in [2.45, 2.75) is 26.4 Å². The number of anilines is 1. The Morgan fingerprint density at radius 1 is 1.30 bits per heavy atom. The normalized spacial score (nSPS) is 10.8. The van der Waals surface area contributed by atoms with E-state index in [-0.39, 0.29) is 24.2 Å². The predicted molar refractivity (Wildman–Crippen MR) is 79.2 cm³/mol. The second-order valence-electron chi connectivity index (χ2n) is 4.74. The number of para-hydroxylation sites is 1. The molecule has 2 aromatic rings. The van der Waals surface area contributed by atoms with Gasteiger partial charge in [-0.15, -0.1) is 0 Å². The smallest absolute Gasteiger partial charge is 0.323 e. The van der Waals surface area contributed by atoms with E-state index in [2.05, 4.69) is 5.32 Å². The zero-order valence-electron chi connectivity index (χ0n) is 11.3. The van der Waals surface area contributed by atoms with Gasteiger partial charge in [0.05, 0.1) is 10.7 Å². The Morgan fingerprint density at radius 2 is 2.00 bits per heavy atom. The van der Waals surface area contributed by atoms with Gasteiger partial charge in [0.25, 0.3) is 0 Å². The van der Waals surface area contributed by atoms with Crippen LogP contribution in [0.25, 0.3) is 0 Å². The van der Waals surface area contributed by atoms with Crippen molar-refractivity contribution in [3.63, 3.8) is 0 Å². The van der Waals surface area contributed by atoms with Gasteiger partial charge in [0.15, 0.2) is 0 Å². The molecule has 0 aliphatic rings. The van der Waals surface area contributed by atoms with Gasteiger partial charge in [-0.25, -0.2) is 4.79 Å². The van der Waals surface area contributed by atoms with E-state index >= 15 is 0 Å². The zero-order valence-corrected chi connectivity index (χ0v) is 12.1. The number of halogens is 1. The fourth-order valence-electron chi connectivity index (χ4n) is 1.85. The molecule has 0 bridgehead atoms. The maximum Gasteiger partial charge on any atom is 0.328 e. The highest BCUT2D eigenvalue weighted by Gasteiger charge is 2.10. The third-order valence-corrected chi connectivity index (χ3v) is 3.22. The first kappa shape index (κ1) is 14.4. The quantitative estimate of drug-likeness (QED) is 0.942. The number of nitrogens with one attached hydrogen (secondary N) is 1. The van der Waals surface area contributed by atoms with Crippen LogP contribution in [0.2, 0.25) is 5.02 Å². The van der Waals surface area contributed by atoms with E-state index in [9.17, 15) is 9.59 Å². The number of benzene rings is 1. The van der Waals surface area contributed by atoms with E-state index in [0.29, 0.717) is 10.7 Å². The Bertz CT molecular complexity index is 673. The molecule has 1 aromatic heterocycles. The highest BCUT2D eigenvalue weighted by atomic mass is 35.5. The Balaban J connectivity index is 2.09. The van der Waals surface area contributed by atoms with Gasteiger partial charge in [-0.1, -0.05) is 23.7 Å². The van der Waals surface area contributed by atoms with Gasteiger partial charge in [0.1, 0.15) is 6.54 Å². The molecule has 0 atom stereocenters. The molecular formula is C14H16ClN3O2. The van der Waals surface area contributed by atoms with E-state index in [1.807, 2.05) is 13.8 Å². The number of aromatic nitrogens is 2. The lowest BCUT2D eigenvalue weighted by Gasteiger charge is -2.07. The van der Waals surface area contributed by atoms with Gasteiger partial charge >= 0.3 is 5.69 Å². The molecule has 1 heterocycles. The maximum atomic E-state index is 12.0. The van der Waals surface area contributed by atoms with Crippen molar-refractivity contribution in [2.75, 3.05) is 5.32 Å². The summed E-state index contributed by atoms with van der Waals surface area (Å²) in [5.74, 6) is -0.290. The van der Waals surface area contributed by atoms with Crippen molar-refractivity contribution in [1.82, 2.24) is 9.13 Å². The van der Waals surface area contributed by atoms with Crippen LogP contribution in [0.4, 0.5) is 5.69 Å². The molecule has 0 saturated carbocycles. The van der Waals surface area contributed by atoms with Crippen LogP contribution >= 0.6 is 11.6 Å². The van der Waals surface area contributed by atoms with Crippen LogP contribution in [-0.2, 0) is 11.3 Å². The average Bonchev–Trinajstić information content (AvgIpc) is 2.74. The van der Waals surface area contributed by atoms with Gasteiger partial charge in [-0.2, -0.15) is 0 Å². The Kier molecular flexibility index (Phi) is 4.29. The lowest BCUT2D eigenvalue weighted by molar-refractivity contribution is -0.116. The number of hydrogen-bond acceptors (Lipinski definition) is 2. The summed E-state index contributed by atoms with van der Waals surface area (Å²) in [6.45, 7) is 3.79. The second kappa shape index (κ2) is 5.96. The summed E-state index contributed by atoms with van der Waals surface area (Å²) in [7, 11) is 0. The molecule has 0 radical (unpaired) electrons. The number of amides is 1. The molecule has 20 heavy (non-hydrogen) atoms. The molecule has 5 nitrogen and oxygen atoms in total. The molecule has 6 heteroatoms. The summed E-state index contributed by atoms with van der Waals surface area (Å²) in [5, 5.41) is 3.15. The van der Waals surface area contributed by atoms with Crippen LogP contribution in [0.1, 0.15) is 19.9 Å². The maximum absolute atomic E-state index is 12.0. The molecule has 106 valence electrons. The molecule has 0 fully saturated rings. The highest BCUT2D eigenvalue weighted by molar-refractivity contribution is 6.33. The van der Waals surface area contributed by atoms with E-state index in [1.54, 1.807) is 41.2 Å². The Hall–Kier alpha value is -2.01. The summed E-state index contributed by atoms with van der Waals surface area (Å²) in [6.07, 6.45) is 3.28. The molecule has 0 aliphatic carbocycles. The SMILES string of the molecule is CC(C)n1ccn(CC(=O)Nc2ccccc2Cl)c1=O. The topological polar surface area (TPSA) is 56.0 Å². The van der Waals surface area contributed by atoms with Crippen molar-refractivity contribution < 1.29 is 4.79 Å². The minimum absolute atomic E-state index is 0.0379. The highest BCUT2D eigenvalue weighted by Crippen LogP contribution is 2.20. The largest absolute Gasteiger partial charge is 0.328 e. The monoisotopic (exact) mass is 293 g/mol. The summed E-state index contributed by atoms with van der Waals surface area (Å²) in [4.78, 5) is 23.9. The number of rotatable bonds is 4. The third-order valence-electron chi connectivity index (χ3n) is 2.89. The van der Waals surface area contributed by atoms with Gasteiger partial charge < -0.3 is 5.32 Å². The number of nitrogens with zero attached hydrogens (tertiary/aromatic N) is 2. The summed E-state index contributed by atoms with van der Waals surface area (Å²) in [5.41, 5.74) is 0.338. The molecule has 0 unspecified atom stereocenters. The number of carbonyl (C=O) groups excluding carboxylic acids is 1. The van der Waals surface area contributed by atoms with Crippen molar-refractivity contribution in [1.29, 1.82) is 0 Å². The van der Waals surface area contributed by atoms with E-state index in [0.717, 1.165) is 0 Å². The minimum Gasteiger partial charge on any atom is -0.323 e. The third kappa shape index (κ3) is 3.11. The summed E-state index contributed by atoms with van der Waals surface area (Å²) in [6, 6.07) is 7.03. The average molecular weight is 294 g/mol. The first-order valence-corrected chi connectivity index (χ1v) is 6.68. The van der Waals surface area contributed by atoms with Crippen molar-refractivity contribution in [2.24, 2.45) is 0 Å². The molecule has 0 aliphatic heterocycles. The standard InChI is InChI=1S/C14H16ClN3O2/c1-10(2)18-8-7-17(14(18)20)9-13(19)16-12-6-4-3-5-11(12)15/h3-8,10H,9H2,1-2H3,(H,16,19). The molecule has 1 N–H and O–H groups in total. The fourth-order valence-corrected chi connectivity index (χ4v) is 2.03. The van der Waals surface area contributed by atoms with Gasteiger partial charge in [0, 0.05) is 18.4 Å². The Labute approximate surface area is 121 Å².